The van der Waals surface area contributed by atoms with E-state index in [1.54, 1.807) is 23.3 Å². The van der Waals surface area contributed by atoms with Crippen molar-refractivity contribution in [3.63, 3.8) is 0 Å². The van der Waals surface area contributed by atoms with Gasteiger partial charge in [0.25, 0.3) is 11.5 Å². The van der Waals surface area contributed by atoms with E-state index < -0.39 is 41.5 Å². The van der Waals surface area contributed by atoms with Crippen molar-refractivity contribution < 1.29 is 37.0 Å². The first kappa shape index (κ1) is 38.2. The van der Waals surface area contributed by atoms with Gasteiger partial charge in [-0.05, 0) is 62.4 Å². The zero-order valence-electron chi connectivity index (χ0n) is 30.8. The number of carbonyl (C=O) groups is 2. The summed E-state index contributed by atoms with van der Waals surface area (Å²) >= 11 is 6.16. The summed E-state index contributed by atoms with van der Waals surface area (Å²) < 4.78 is 60.7. The number of alkyl halides is 3. The molecule has 1 atom stereocenters. The fraction of sp³-hybridized carbons (Fsp3) is 0.359. The highest BCUT2D eigenvalue weighted by Gasteiger charge is 2.51. The summed E-state index contributed by atoms with van der Waals surface area (Å²) in [7, 11) is 0. The topological polar surface area (TPSA) is 155 Å². The van der Waals surface area contributed by atoms with Gasteiger partial charge in [-0.1, -0.05) is 48.0 Å². The van der Waals surface area contributed by atoms with Gasteiger partial charge in [0.2, 0.25) is 11.7 Å². The number of anilines is 1. The fourth-order valence-electron chi connectivity index (χ4n) is 7.63. The number of aryl methyl sites for hydroxylation is 1. The van der Waals surface area contributed by atoms with E-state index in [-0.39, 0.29) is 71.9 Å². The lowest BCUT2D eigenvalue weighted by Crippen LogP contribution is -2.47. The quantitative estimate of drug-likeness (QED) is 0.200. The number of hydrogen-bond donors (Lipinski definition) is 1. The highest BCUT2D eigenvalue weighted by atomic mass is 35.5. The van der Waals surface area contributed by atoms with Gasteiger partial charge < -0.3 is 29.0 Å². The van der Waals surface area contributed by atoms with Crippen molar-refractivity contribution >= 4 is 40.5 Å². The summed E-state index contributed by atoms with van der Waals surface area (Å²) in [6.45, 7) is 4.51. The Morgan fingerprint density at radius 3 is 2.58 bits per heavy atom. The van der Waals surface area contributed by atoms with E-state index in [1.807, 2.05) is 36.4 Å². The second kappa shape index (κ2) is 15.0. The number of carbonyl (C=O) groups excluding carboxylic acids is 2. The van der Waals surface area contributed by atoms with E-state index in [9.17, 15) is 27.6 Å². The van der Waals surface area contributed by atoms with E-state index in [2.05, 4.69) is 20.4 Å². The molecule has 0 saturated carbocycles. The van der Waals surface area contributed by atoms with Gasteiger partial charge in [0.05, 0.1) is 52.5 Å². The average molecular weight is 805 g/mol. The Balaban J connectivity index is 1.11. The molecule has 1 unspecified atom stereocenters. The first-order valence-corrected chi connectivity index (χ1v) is 18.6. The summed E-state index contributed by atoms with van der Waals surface area (Å²) in [5.74, 6) is -0.338. The summed E-state index contributed by atoms with van der Waals surface area (Å²) in [6.07, 6.45) is -1.19. The minimum absolute atomic E-state index is 0.0248. The van der Waals surface area contributed by atoms with Crippen molar-refractivity contribution in [2.45, 2.75) is 64.1 Å². The van der Waals surface area contributed by atoms with Crippen LogP contribution in [0.4, 0.5) is 18.9 Å². The highest BCUT2D eigenvalue weighted by Crippen LogP contribution is 2.48. The summed E-state index contributed by atoms with van der Waals surface area (Å²) in [5, 5.41) is 6.89. The van der Waals surface area contributed by atoms with Gasteiger partial charge >= 0.3 is 6.18 Å². The Bertz CT molecular complexity index is 2480. The van der Waals surface area contributed by atoms with Crippen molar-refractivity contribution in [2.75, 3.05) is 31.6 Å². The fourth-order valence-corrected chi connectivity index (χ4v) is 7.86. The molecule has 2 aromatic carbocycles. The molecule has 1 spiro atoms. The zero-order chi connectivity index (χ0) is 40.1. The summed E-state index contributed by atoms with van der Waals surface area (Å²) in [4.78, 5) is 57.1. The lowest BCUT2D eigenvalue weighted by atomic mass is 9.85. The number of fused-ring (bicyclic) bond motifs is 3. The standard InChI is InChI=1S/C39H36ClF3N8O6/c1-22-33(56-20-24-6-4-3-5-7-24)31(45-21-44-22)36(54)49-14-12-38(13-15-49)30-32(23(2)57-38)50(19-29(52)46-28-9-8-26(18-27(28)40)39(41,42)43)37-47-34(48-51(37)35(30)53)25-10-16-55-17-11-25/h3-10,18,21,23H,11-17,19-20H2,1-2H3,(H,46,52). The molecule has 6 heterocycles. The van der Waals surface area contributed by atoms with Crippen molar-refractivity contribution in [1.82, 2.24) is 34.0 Å². The van der Waals surface area contributed by atoms with Gasteiger partial charge in [0.1, 0.15) is 25.1 Å². The molecular weight excluding hydrogens is 769 g/mol. The molecule has 2 amide bonds. The molecule has 18 heteroatoms. The van der Waals surface area contributed by atoms with E-state index >= 15 is 0 Å². The first-order chi connectivity index (χ1) is 27.3. The second-order valence-corrected chi connectivity index (χ2v) is 14.5. The molecular formula is C39H36ClF3N8O6. The maximum atomic E-state index is 14.5. The van der Waals surface area contributed by atoms with Gasteiger partial charge in [-0.25, -0.2) is 9.97 Å². The maximum Gasteiger partial charge on any atom is 0.416 e. The van der Waals surface area contributed by atoms with Crippen LogP contribution in [0.3, 0.4) is 0 Å². The summed E-state index contributed by atoms with van der Waals surface area (Å²) in [6, 6.07) is 12.2. The molecule has 0 aliphatic carbocycles. The zero-order valence-corrected chi connectivity index (χ0v) is 31.6. The summed E-state index contributed by atoms with van der Waals surface area (Å²) in [5.41, 5.74) is 0.407. The van der Waals surface area contributed by atoms with Crippen LogP contribution in [0.2, 0.25) is 5.02 Å². The Morgan fingerprint density at radius 2 is 1.88 bits per heavy atom. The third kappa shape index (κ3) is 7.26. The minimum atomic E-state index is -4.62. The number of halogens is 4. The van der Waals surface area contributed by atoms with Gasteiger partial charge in [0.15, 0.2) is 17.3 Å². The predicted octanol–water partition coefficient (Wildman–Crippen LogP) is 5.91. The van der Waals surface area contributed by atoms with Crippen LogP contribution in [0.25, 0.3) is 11.4 Å². The van der Waals surface area contributed by atoms with Crippen LogP contribution in [0.1, 0.15) is 76.7 Å². The molecule has 3 aromatic heterocycles. The molecule has 1 N–H and O–H groups in total. The number of aromatic nitrogens is 6. The number of benzene rings is 2. The van der Waals surface area contributed by atoms with Crippen LogP contribution < -0.4 is 15.6 Å². The average Bonchev–Trinajstić information content (AvgIpc) is 3.77. The third-order valence-electron chi connectivity index (χ3n) is 10.4. The van der Waals surface area contributed by atoms with E-state index in [0.717, 1.165) is 33.9 Å². The SMILES string of the molecule is Cc1ncnc(C(=O)N2CCC3(CC2)OC(C)c2c3c(=O)n3nc(C4=CCOCC4)nc3n2CC(=O)Nc2ccc(C(F)(F)F)cc2Cl)c1OCc1ccccc1. The molecule has 1 saturated heterocycles. The molecule has 296 valence electrons. The minimum Gasteiger partial charge on any atom is -0.485 e. The molecule has 3 aliphatic heterocycles. The van der Waals surface area contributed by atoms with E-state index in [1.165, 1.54) is 6.33 Å². The number of hydrogen-bond acceptors (Lipinski definition) is 10. The smallest absolute Gasteiger partial charge is 0.416 e. The Hall–Kier alpha value is -5.65. The number of nitrogens with zero attached hydrogens (tertiary/aromatic N) is 7. The number of rotatable bonds is 8. The van der Waals surface area contributed by atoms with E-state index in [4.69, 9.17) is 30.8 Å². The Kier molecular flexibility index (Phi) is 10.1. The predicted molar refractivity (Wildman–Crippen MR) is 200 cm³/mol. The van der Waals surface area contributed by atoms with Crippen LogP contribution in [0.5, 0.6) is 5.75 Å². The third-order valence-corrected chi connectivity index (χ3v) is 10.7. The van der Waals surface area contributed by atoms with Crippen LogP contribution in [-0.2, 0) is 39.2 Å². The molecule has 57 heavy (non-hydrogen) atoms. The molecule has 1 fully saturated rings. The monoisotopic (exact) mass is 804 g/mol. The number of ether oxygens (including phenoxy) is 3. The second-order valence-electron chi connectivity index (χ2n) is 14.1. The molecule has 3 aliphatic rings. The van der Waals surface area contributed by atoms with Gasteiger partial charge in [0, 0.05) is 13.1 Å². The van der Waals surface area contributed by atoms with Crippen molar-refractivity contribution in [2.24, 2.45) is 0 Å². The lowest BCUT2D eigenvalue weighted by Gasteiger charge is -2.39. The molecule has 0 radical (unpaired) electrons. The van der Waals surface area contributed by atoms with Crippen molar-refractivity contribution in [1.29, 1.82) is 0 Å². The first-order valence-electron chi connectivity index (χ1n) is 18.3. The largest absolute Gasteiger partial charge is 0.485 e. The van der Waals surface area contributed by atoms with Gasteiger partial charge in [-0.15, -0.1) is 5.10 Å². The van der Waals surface area contributed by atoms with Crippen LogP contribution in [-0.4, -0.2) is 72.2 Å². The number of nitrogens with one attached hydrogen (secondary N) is 1. The Morgan fingerprint density at radius 1 is 1.11 bits per heavy atom. The van der Waals surface area contributed by atoms with Crippen LogP contribution >= 0.6 is 11.6 Å². The van der Waals surface area contributed by atoms with Crippen molar-refractivity contribution in [3.8, 4) is 5.75 Å². The lowest BCUT2D eigenvalue weighted by molar-refractivity contribution is -0.137. The molecule has 8 rings (SSSR count). The maximum absolute atomic E-state index is 14.5. The highest BCUT2D eigenvalue weighted by molar-refractivity contribution is 6.33. The molecule has 0 bridgehead atoms. The van der Waals surface area contributed by atoms with E-state index in [0.29, 0.717) is 36.8 Å². The molecule has 14 nitrogen and oxygen atoms in total. The van der Waals surface area contributed by atoms with Crippen molar-refractivity contribution in [3.05, 3.63) is 116 Å². The molecule has 5 aromatic rings. The number of amides is 2. The normalized spacial score (nSPS) is 17.8. The Labute approximate surface area is 328 Å². The number of piperidine rings is 1. The van der Waals surface area contributed by atoms with Gasteiger partial charge in [-0.3, -0.25) is 14.4 Å². The van der Waals surface area contributed by atoms with Crippen LogP contribution in [0, 0.1) is 6.92 Å². The number of likely N-dealkylation sites (tertiary alicyclic amines) is 1. The van der Waals surface area contributed by atoms with Gasteiger partial charge in [-0.2, -0.15) is 22.7 Å². The van der Waals surface area contributed by atoms with Crippen LogP contribution in [0.15, 0.2) is 65.7 Å².